The zero-order valence-corrected chi connectivity index (χ0v) is 14.3. The van der Waals surface area contributed by atoms with E-state index in [9.17, 15) is 0 Å². The van der Waals surface area contributed by atoms with E-state index in [0.717, 1.165) is 6.54 Å². The maximum atomic E-state index is 2.31. The largest absolute Gasteiger partial charge is 0.305 e. The maximum absolute atomic E-state index is 2.31. The molecule has 0 spiro atoms. The highest BCUT2D eigenvalue weighted by Gasteiger charge is 2.17. The van der Waals surface area contributed by atoms with Gasteiger partial charge in [-0.2, -0.15) is 0 Å². The monoisotopic (exact) mass is 287 g/mol. The van der Waals surface area contributed by atoms with Gasteiger partial charge < -0.3 is 4.90 Å². The third-order valence-electron chi connectivity index (χ3n) is 3.36. The third kappa shape index (κ3) is 3.50. The van der Waals surface area contributed by atoms with Gasteiger partial charge in [-0.05, 0) is 49.7 Å². The Bertz CT molecular complexity index is 588. The number of aryl methyl sites for hydroxylation is 1. The van der Waals surface area contributed by atoms with Gasteiger partial charge in [0.05, 0.1) is 0 Å². The minimum Gasteiger partial charge on any atom is -0.305 e. The molecule has 0 aliphatic carbocycles. The highest BCUT2D eigenvalue weighted by atomic mass is 32.1. The summed E-state index contributed by atoms with van der Waals surface area (Å²) in [7, 11) is 4.25. The van der Waals surface area contributed by atoms with Crippen molar-refractivity contribution in [2.24, 2.45) is 0 Å². The van der Waals surface area contributed by atoms with Crippen molar-refractivity contribution in [1.82, 2.24) is 4.90 Å². The molecule has 0 radical (unpaired) electrons. The number of benzene rings is 1. The van der Waals surface area contributed by atoms with E-state index in [1.807, 2.05) is 11.3 Å². The van der Waals surface area contributed by atoms with Gasteiger partial charge in [-0.3, -0.25) is 0 Å². The molecule has 1 aromatic carbocycles. The molecule has 0 bridgehead atoms. The van der Waals surface area contributed by atoms with Gasteiger partial charge >= 0.3 is 0 Å². The first-order valence-electron chi connectivity index (χ1n) is 7.12. The van der Waals surface area contributed by atoms with Crippen LogP contribution in [0.1, 0.15) is 36.8 Å². The number of rotatable bonds is 3. The fraction of sp³-hybridized carbons (Fsp3) is 0.444. The molecular weight excluding hydrogens is 262 g/mol. The molecular formula is C18H25NS. The number of hydrogen-bond donors (Lipinski definition) is 0. The molecule has 0 aliphatic heterocycles. The van der Waals surface area contributed by atoms with E-state index in [2.05, 4.69) is 77.0 Å². The van der Waals surface area contributed by atoms with Crippen molar-refractivity contribution in [3.05, 3.63) is 46.3 Å². The summed E-state index contributed by atoms with van der Waals surface area (Å²) in [5.41, 5.74) is 4.36. The Kier molecular flexibility index (Phi) is 4.36. The zero-order chi connectivity index (χ0) is 14.9. The predicted molar refractivity (Wildman–Crippen MR) is 90.6 cm³/mol. The third-order valence-corrected chi connectivity index (χ3v) is 4.90. The lowest BCUT2D eigenvalue weighted by Gasteiger charge is -2.16. The van der Waals surface area contributed by atoms with E-state index in [1.54, 1.807) is 0 Å². The Balaban J connectivity index is 2.44. The molecule has 0 amide bonds. The van der Waals surface area contributed by atoms with Gasteiger partial charge in [0.1, 0.15) is 0 Å². The van der Waals surface area contributed by atoms with Crippen LogP contribution in [0.4, 0.5) is 0 Å². The van der Waals surface area contributed by atoms with Crippen molar-refractivity contribution in [2.75, 3.05) is 14.1 Å². The van der Waals surface area contributed by atoms with Gasteiger partial charge in [0.15, 0.2) is 0 Å². The van der Waals surface area contributed by atoms with Crippen LogP contribution in [0, 0.1) is 6.92 Å². The second-order valence-electron chi connectivity index (χ2n) is 6.81. The van der Waals surface area contributed by atoms with Gasteiger partial charge in [0.25, 0.3) is 0 Å². The quantitative estimate of drug-likeness (QED) is 0.760. The topological polar surface area (TPSA) is 3.24 Å². The fourth-order valence-corrected chi connectivity index (χ4v) is 3.44. The normalized spacial score (nSPS) is 12.2. The molecule has 0 atom stereocenters. The Hall–Kier alpha value is -1.12. The van der Waals surface area contributed by atoms with Gasteiger partial charge in [-0.25, -0.2) is 0 Å². The average Bonchev–Trinajstić information content (AvgIpc) is 2.77. The molecule has 0 aliphatic rings. The Morgan fingerprint density at radius 1 is 1.05 bits per heavy atom. The minimum atomic E-state index is 0.231. The lowest BCUT2D eigenvalue weighted by atomic mass is 9.95. The van der Waals surface area contributed by atoms with Crippen LogP contribution in [-0.4, -0.2) is 19.0 Å². The average molecular weight is 287 g/mol. The maximum Gasteiger partial charge on any atom is 0.0349 e. The summed E-state index contributed by atoms with van der Waals surface area (Å²) in [5.74, 6) is 0. The van der Waals surface area contributed by atoms with Crippen molar-refractivity contribution in [2.45, 2.75) is 39.7 Å². The summed E-state index contributed by atoms with van der Waals surface area (Å²) in [6, 6.07) is 11.3. The molecule has 2 heteroatoms. The van der Waals surface area contributed by atoms with Gasteiger partial charge in [0.2, 0.25) is 0 Å². The first-order chi connectivity index (χ1) is 9.27. The summed E-state index contributed by atoms with van der Waals surface area (Å²) in [5, 5.41) is 0. The smallest absolute Gasteiger partial charge is 0.0349 e. The van der Waals surface area contributed by atoms with Gasteiger partial charge in [-0.15, -0.1) is 11.3 Å². The van der Waals surface area contributed by atoms with E-state index in [1.165, 1.54) is 26.4 Å². The SMILES string of the molecule is Cc1ccc(-c2ccc(C(C)(C)C)s2)c(CN(C)C)c1. The second-order valence-corrected chi connectivity index (χ2v) is 7.90. The summed E-state index contributed by atoms with van der Waals surface area (Å²) in [6.45, 7) is 9.98. The molecule has 1 nitrogen and oxygen atoms in total. The van der Waals surface area contributed by atoms with Crippen molar-refractivity contribution in [3.8, 4) is 10.4 Å². The Labute approximate surface area is 127 Å². The second kappa shape index (κ2) is 5.71. The number of thiophene rings is 1. The van der Waals surface area contributed by atoms with E-state index >= 15 is 0 Å². The van der Waals surface area contributed by atoms with Crippen LogP contribution in [0.25, 0.3) is 10.4 Å². The summed E-state index contributed by atoms with van der Waals surface area (Å²) in [4.78, 5) is 5.06. The van der Waals surface area contributed by atoms with E-state index in [4.69, 9.17) is 0 Å². The predicted octanol–water partition coefficient (Wildman–Crippen LogP) is 5.08. The van der Waals surface area contributed by atoms with E-state index in [0.29, 0.717) is 0 Å². The van der Waals surface area contributed by atoms with Crippen LogP contribution in [0.2, 0.25) is 0 Å². The first-order valence-corrected chi connectivity index (χ1v) is 7.94. The van der Waals surface area contributed by atoms with Crippen molar-refractivity contribution in [3.63, 3.8) is 0 Å². The fourth-order valence-electron chi connectivity index (χ4n) is 2.32. The van der Waals surface area contributed by atoms with E-state index < -0.39 is 0 Å². The molecule has 1 heterocycles. The minimum absolute atomic E-state index is 0.231. The van der Waals surface area contributed by atoms with Crippen molar-refractivity contribution >= 4 is 11.3 Å². The molecule has 108 valence electrons. The molecule has 2 rings (SSSR count). The van der Waals surface area contributed by atoms with Crippen molar-refractivity contribution < 1.29 is 0 Å². The van der Waals surface area contributed by atoms with Crippen LogP contribution in [0.3, 0.4) is 0 Å². The highest BCUT2D eigenvalue weighted by molar-refractivity contribution is 7.15. The van der Waals surface area contributed by atoms with Crippen LogP contribution >= 0.6 is 11.3 Å². The van der Waals surface area contributed by atoms with Crippen LogP contribution in [-0.2, 0) is 12.0 Å². The Morgan fingerprint density at radius 3 is 2.30 bits per heavy atom. The molecule has 0 saturated carbocycles. The number of hydrogen-bond acceptors (Lipinski definition) is 2. The van der Waals surface area contributed by atoms with Crippen LogP contribution in [0.15, 0.2) is 30.3 Å². The molecule has 0 fully saturated rings. The first kappa shape index (κ1) is 15.3. The molecule has 0 N–H and O–H groups in total. The summed E-state index contributed by atoms with van der Waals surface area (Å²) >= 11 is 1.92. The zero-order valence-electron chi connectivity index (χ0n) is 13.4. The van der Waals surface area contributed by atoms with Crippen LogP contribution in [0.5, 0.6) is 0 Å². The molecule has 0 unspecified atom stereocenters. The van der Waals surface area contributed by atoms with Gasteiger partial charge in [0, 0.05) is 16.3 Å². The molecule has 20 heavy (non-hydrogen) atoms. The lowest BCUT2D eigenvalue weighted by molar-refractivity contribution is 0.403. The van der Waals surface area contributed by atoms with E-state index in [-0.39, 0.29) is 5.41 Å². The van der Waals surface area contributed by atoms with Crippen LogP contribution < -0.4 is 0 Å². The van der Waals surface area contributed by atoms with Crippen molar-refractivity contribution in [1.29, 1.82) is 0 Å². The molecule has 0 saturated heterocycles. The standard InChI is InChI=1S/C18H25NS/c1-13-7-8-15(14(11-13)12-19(5)6)16-9-10-17(20-16)18(2,3)4/h7-11H,12H2,1-6H3. The molecule has 2 aromatic rings. The molecule has 1 aromatic heterocycles. The summed E-state index contributed by atoms with van der Waals surface area (Å²) in [6.07, 6.45) is 0. The number of nitrogens with zero attached hydrogens (tertiary/aromatic N) is 1. The highest BCUT2D eigenvalue weighted by Crippen LogP contribution is 2.36. The summed E-state index contributed by atoms with van der Waals surface area (Å²) < 4.78 is 0. The Morgan fingerprint density at radius 2 is 1.75 bits per heavy atom. The van der Waals surface area contributed by atoms with Gasteiger partial charge in [-0.1, -0.05) is 44.5 Å². The lowest BCUT2D eigenvalue weighted by Crippen LogP contribution is -2.11.